The third-order valence-electron chi connectivity index (χ3n) is 4.23. The van der Waals surface area contributed by atoms with Crippen LogP contribution in [0.4, 0.5) is 4.39 Å². The molecule has 1 heterocycles. The molecule has 1 aliphatic rings. The zero-order valence-corrected chi connectivity index (χ0v) is 15.6. The molecule has 6 heteroatoms. The fourth-order valence-corrected chi connectivity index (χ4v) is 3.08. The van der Waals surface area contributed by atoms with Crippen LogP contribution in [0.15, 0.2) is 18.2 Å². The van der Waals surface area contributed by atoms with Crippen LogP contribution < -0.4 is 10.1 Å². The Kier molecular flexibility index (Phi) is 11.6. The number of nitrogens with one attached hydrogen (secondary N) is 1. The summed E-state index contributed by atoms with van der Waals surface area (Å²) in [7, 11) is 1.62. The molecule has 0 radical (unpaired) electrons. The van der Waals surface area contributed by atoms with E-state index in [1.165, 1.54) is 25.3 Å². The molecule has 1 N–H and O–H groups in total. The Morgan fingerprint density at radius 3 is 2.52 bits per heavy atom. The van der Waals surface area contributed by atoms with Crippen LogP contribution in [0.1, 0.15) is 44.2 Å². The number of rotatable bonds is 7. The lowest BCUT2D eigenvalue weighted by Crippen LogP contribution is -2.45. The van der Waals surface area contributed by atoms with E-state index < -0.39 is 0 Å². The minimum Gasteiger partial charge on any atom is -0.496 e. The highest BCUT2D eigenvalue weighted by Crippen LogP contribution is 2.34. The lowest BCUT2D eigenvalue weighted by molar-refractivity contribution is 0.160. The van der Waals surface area contributed by atoms with Crippen LogP contribution in [0.5, 0.6) is 5.75 Å². The molecule has 2 rings (SSSR count). The van der Waals surface area contributed by atoms with Crippen LogP contribution >= 0.6 is 24.8 Å². The van der Waals surface area contributed by atoms with Crippen molar-refractivity contribution in [2.45, 2.75) is 38.6 Å². The Morgan fingerprint density at radius 1 is 1.22 bits per heavy atom. The van der Waals surface area contributed by atoms with Crippen LogP contribution in [0.3, 0.4) is 0 Å². The molecule has 1 atom stereocenters. The summed E-state index contributed by atoms with van der Waals surface area (Å²) in [6, 6.07) is 5.28. The second-order valence-corrected chi connectivity index (χ2v) is 5.68. The molecule has 1 fully saturated rings. The average molecular weight is 367 g/mol. The van der Waals surface area contributed by atoms with Crippen molar-refractivity contribution in [3.05, 3.63) is 29.6 Å². The van der Waals surface area contributed by atoms with Gasteiger partial charge in [-0.25, -0.2) is 4.39 Å². The number of hydrogen-bond donors (Lipinski definition) is 1. The molecule has 3 nitrogen and oxygen atoms in total. The maximum absolute atomic E-state index is 13.4. The van der Waals surface area contributed by atoms with Crippen LogP contribution in [-0.4, -0.2) is 38.2 Å². The predicted octanol–water partition coefficient (Wildman–Crippen LogP) is 4.20. The molecule has 1 aromatic rings. The normalized spacial score (nSPS) is 16.1. The fourth-order valence-electron chi connectivity index (χ4n) is 3.08. The number of ether oxygens (including phenoxy) is 1. The second-order valence-electron chi connectivity index (χ2n) is 5.68. The van der Waals surface area contributed by atoms with E-state index in [1.807, 2.05) is 6.07 Å². The van der Waals surface area contributed by atoms with Crippen molar-refractivity contribution >= 4 is 24.8 Å². The zero-order valence-electron chi connectivity index (χ0n) is 14.0. The Hall–Kier alpha value is -0.550. The van der Waals surface area contributed by atoms with E-state index in [1.54, 1.807) is 13.2 Å². The number of unbranched alkanes of at least 4 members (excludes halogenated alkanes) is 2. The average Bonchev–Trinajstić information content (AvgIpc) is 2.53. The van der Waals surface area contributed by atoms with Gasteiger partial charge < -0.3 is 10.1 Å². The Labute approximate surface area is 151 Å². The molecular formula is C17H29Cl2FN2O. The first-order valence-electron chi connectivity index (χ1n) is 8.04. The standard InChI is InChI=1S/C17H27FN2O.2ClH/c1-3-4-5-6-16(20-11-9-19-10-12-20)15-8-7-14(18)13-17(15)21-2;;/h7-8,13,16,19H,3-6,9-12H2,1-2H3;2*1H/t16-;;/m1../s1. The van der Waals surface area contributed by atoms with Gasteiger partial charge in [-0.1, -0.05) is 32.3 Å². The van der Waals surface area contributed by atoms with Crippen molar-refractivity contribution in [2.75, 3.05) is 33.3 Å². The van der Waals surface area contributed by atoms with E-state index in [0.717, 1.165) is 38.2 Å². The monoisotopic (exact) mass is 366 g/mol. The Balaban J connectivity index is 0.00000242. The maximum atomic E-state index is 13.4. The molecule has 0 amide bonds. The van der Waals surface area contributed by atoms with Gasteiger partial charge in [0.2, 0.25) is 0 Å². The van der Waals surface area contributed by atoms with Crippen molar-refractivity contribution in [3.8, 4) is 5.75 Å². The highest BCUT2D eigenvalue weighted by molar-refractivity contribution is 5.85. The number of piperazine rings is 1. The SMILES string of the molecule is CCCCC[C@H](c1ccc(F)cc1OC)N1CCNCC1.Cl.Cl. The topological polar surface area (TPSA) is 24.5 Å². The third kappa shape index (κ3) is 6.46. The summed E-state index contributed by atoms with van der Waals surface area (Å²) >= 11 is 0. The number of nitrogens with zero attached hydrogens (tertiary/aromatic N) is 1. The summed E-state index contributed by atoms with van der Waals surface area (Å²) in [6.45, 7) is 6.34. The van der Waals surface area contributed by atoms with Crippen molar-refractivity contribution < 1.29 is 9.13 Å². The smallest absolute Gasteiger partial charge is 0.126 e. The van der Waals surface area contributed by atoms with Crippen LogP contribution in [0.25, 0.3) is 0 Å². The summed E-state index contributed by atoms with van der Waals surface area (Å²) in [4.78, 5) is 2.50. The van der Waals surface area contributed by atoms with Crippen LogP contribution in [0.2, 0.25) is 0 Å². The van der Waals surface area contributed by atoms with Gasteiger partial charge in [-0.3, -0.25) is 4.90 Å². The number of hydrogen-bond acceptors (Lipinski definition) is 3. The van der Waals surface area contributed by atoms with Crippen molar-refractivity contribution in [1.82, 2.24) is 10.2 Å². The molecule has 0 unspecified atom stereocenters. The minimum atomic E-state index is -0.233. The molecule has 0 aliphatic carbocycles. The summed E-state index contributed by atoms with van der Waals surface area (Å²) in [5.41, 5.74) is 1.12. The molecule has 23 heavy (non-hydrogen) atoms. The van der Waals surface area contributed by atoms with Gasteiger partial charge in [0.05, 0.1) is 7.11 Å². The Morgan fingerprint density at radius 2 is 1.91 bits per heavy atom. The van der Waals surface area contributed by atoms with Crippen molar-refractivity contribution in [1.29, 1.82) is 0 Å². The number of methoxy groups -OCH3 is 1. The van der Waals surface area contributed by atoms with E-state index in [9.17, 15) is 4.39 Å². The summed E-state index contributed by atoms with van der Waals surface area (Å²) in [5, 5.41) is 3.39. The Bertz CT molecular complexity index is 443. The largest absolute Gasteiger partial charge is 0.496 e. The van der Waals surface area contributed by atoms with Gasteiger partial charge in [0.25, 0.3) is 0 Å². The molecular weight excluding hydrogens is 338 g/mol. The van der Waals surface area contributed by atoms with E-state index in [2.05, 4.69) is 17.1 Å². The molecule has 0 saturated carbocycles. The van der Waals surface area contributed by atoms with Gasteiger partial charge in [0.15, 0.2) is 0 Å². The molecule has 0 aromatic heterocycles. The highest BCUT2D eigenvalue weighted by Gasteiger charge is 2.24. The van der Waals surface area contributed by atoms with Crippen molar-refractivity contribution in [2.24, 2.45) is 0 Å². The highest BCUT2D eigenvalue weighted by atomic mass is 35.5. The predicted molar refractivity (Wildman–Crippen MR) is 98.8 cm³/mol. The molecule has 1 saturated heterocycles. The minimum absolute atomic E-state index is 0. The lowest BCUT2D eigenvalue weighted by atomic mass is 9.97. The van der Waals surface area contributed by atoms with E-state index in [4.69, 9.17) is 4.74 Å². The maximum Gasteiger partial charge on any atom is 0.126 e. The molecule has 0 bridgehead atoms. The van der Waals surface area contributed by atoms with E-state index in [0.29, 0.717) is 11.8 Å². The molecule has 1 aliphatic heterocycles. The number of halogens is 3. The van der Waals surface area contributed by atoms with Gasteiger partial charge in [0, 0.05) is 43.9 Å². The van der Waals surface area contributed by atoms with E-state index >= 15 is 0 Å². The van der Waals surface area contributed by atoms with Crippen molar-refractivity contribution in [3.63, 3.8) is 0 Å². The van der Waals surface area contributed by atoms with Gasteiger partial charge >= 0.3 is 0 Å². The fraction of sp³-hybridized carbons (Fsp3) is 0.647. The summed E-state index contributed by atoms with van der Waals surface area (Å²) < 4.78 is 18.9. The molecule has 1 aromatic carbocycles. The van der Waals surface area contributed by atoms with E-state index in [-0.39, 0.29) is 30.6 Å². The zero-order chi connectivity index (χ0) is 15.1. The molecule has 0 spiro atoms. The van der Waals surface area contributed by atoms with Gasteiger partial charge in [-0.2, -0.15) is 0 Å². The first-order valence-corrected chi connectivity index (χ1v) is 8.04. The van der Waals surface area contributed by atoms with Gasteiger partial charge in [-0.05, 0) is 12.5 Å². The van der Waals surface area contributed by atoms with Crippen LogP contribution in [-0.2, 0) is 0 Å². The van der Waals surface area contributed by atoms with Gasteiger partial charge in [-0.15, -0.1) is 24.8 Å². The third-order valence-corrected chi connectivity index (χ3v) is 4.23. The van der Waals surface area contributed by atoms with Crippen LogP contribution in [0, 0.1) is 5.82 Å². The van der Waals surface area contributed by atoms with Gasteiger partial charge in [0.1, 0.15) is 11.6 Å². The quantitative estimate of drug-likeness (QED) is 0.731. The summed E-state index contributed by atoms with van der Waals surface area (Å²) in [5.74, 6) is 0.443. The second kappa shape index (κ2) is 11.9. The first kappa shape index (κ1) is 22.4. The molecule has 134 valence electrons. The number of benzene rings is 1. The summed E-state index contributed by atoms with van der Waals surface area (Å²) in [6.07, 6.45) is 4.77. The first-order chi connectivity index (χ1) is 10.3. The lowest BCUT2D eigenvalue weighted by Gasteiger charge is -2.36.